The van der Waals surface area contributed by atoms with Gasteiger partial charge in [0, 0.05) is 5.69 Å². The number of thiophene rings is 1. The molecule has 0 spiro atoms. The predicted octanol–water partition coefficient (Wildman–Crippen LogP) is 2.43. The van der Waals surface area contributed by atoms with Crippen molar-refractivity contribution in [3.05, 3.63) is 53.4 Å². The van der Waals surface area contributed by atoms with Crippen LogP contribution in [0.25, 0.3) is 16.4 Å². The molecule has 3 aromatic heterocycles. The maximum atomic E-state index is 4.51. The number of hydrogen-bond donors (Lipinski definition) is 2. The first-order chi connectivity index (χ1) is 11.8. The van der Waals surface area contributed by atoms with Crippen molar-refractivity contribution in [1.29, 1.82) is 0 Å². The SMILES string of the molecule is Cc1ccc(-n2cnnn2)cc1NCc1nc(-c2cccs2)n[nH]1. The van der Waals surface area contributed by atoms with Crippen LogP contribution >= 0.6 is 11.3 Å². The van der Waals surface area contributed by atoms with E-state index in [-0.39, 0.29) is 0 Å². The topological polar surface area (TPSA) is 97.2 Å². The van der Waals surface area contributed by atoms with E-state index in [1.807, 2.05) is 42.6 Å². The van der Waals surface area contributed by atoms with Gasteiger partial charge in [-0.05, 0) is 46.5 Å². The molecular weight excluding hydrogens is 324 g/mol. The fourth-order valence-corrected chi connectivity index (χ4v) is 2.95. The number of H-pyrrole nitrogens is 1. The Kier molecular flexibility index (Phi) is 3.75. The van der Waals surface area contributed by atoms with Crippen molar-refractivity contribution in [1.82, 2.24) is 35.4 Å². The summed E-state index contributed by atoms with van der Waals surface area (Å²) in [7, 11) is 0. The zero-order valence-corrected chi connectivity index (χ0v) is 13.7. The summed E-state index contributed by atoms with van der Waals surface area (Å²) < 4.78 is 1.62. The van der Waals surface area contributed by atoms with Gasteiger partial charge in [-0.15, -0.1) is 16.4 Å². The molecule has 0 aliphatic heterocycles. The first-order valence-electron chi connectivity index (χ1n) is 7.32. The average molecular weight is 338 g/mol. The molecule has 3 heterocycles. The zero-order valence-electron chi connectivity index (χ0n) is 12.8. The lowest BCUT2D eigenvalue weighted by Crippen LogP contribution is -2.04. The van der Waals surface area contributed by atoms with Crippen LogP contribution < -0.4 is 5.32 Å². The fourth-order valence-electron chi connectivity index (χ4n) is 2.29. The van der Waals surface area contributed by atoms with Crippen molar-refractivity contribution in [3.63, 3.8) is 0 Å². The Bertz CT molecular complexity index is 926. The quantitative estimate of drug-likeness (QED) is 0.580. The molecule has 120 valence electrons. The summed E-state index contributed by atoms with van der Waals surface area (Å²) in [4.78, 5) is 5.56. The van der Waals surface area contributed by atoms with Crippen molar-refractivity contribution >= 4 is 17.0 Å². The molecule has 0 saturated heterocycles. The number of nitrogens with zero attached hydrogens (tertiary/aromatic N) is 6. The third-order valence-corrected chi connectivity index (χ3v) is 4.42. The van der Waals surface area contributed by atoms with Gasteiger partial charge in [-0.2, -0.15) is 5.10 Å². The van der Waals surface area contributed by atoms with Gasteiger partial charge in [0.15, 0.2) is 5.82 Å². The van der Waals surface area contributed by atoms with Crippen molar-refractivity contribution < 1.29 is 0 Å². The molecule has 0 saturated carbocycles. The van der Waals surface area contributed by atoms with Crippen molar-refractivity contribution in [2.24, 2.45) is 0 Å². The number of benzene rings is 1. The molecule has 0 amide bonds. The lowest BCUT2D eigenvalue weighted by Gasteiger charge is -2.10. The van der Waals surface area contributed by atoms with Crippen molar-refractivity contribution in [2.75, 3.05) is 5.32 Å². The highest BCUT2D eigenvalue weighted by Crippen LogP contribution is 2.22. The predicted molar refractivity (Wildman–Crippen MR) is 90.9 cm³/mol. The standard InChI is InChI=1S/C15H14N8S/c1-10-4-5-11(23-9-17-21-22-23)7-12(10)16-8-14-18-15(20-19-14)13-3-2-6-24-13/h2-7,9,16H,8H2,1H3,(H,18,19,20). The van der Waals surface area contributed by atoms with Crippen LogP contribution in [-0.2, 0) is 6.54 Å². The number of nitrogens with one attached hydrogen (secondary N) is 2. The summed E-state index contributed by atoms with van der Waals surface area (Å²) in [5.74, 6) is 1.51. The Morgan fingerprint density at radius 1 is 1.29 bits per heavy atom. The van der Waals surface area contributed by atoms with E-state index in [2.05, 4.69) is 36.0 Å². The first-order valence-corrected chi connectivity index (χ1v) is 8.20. The Labute approximate surface area is 141 Å². The number of aromatic nitrogens is 7. The second kappa shape index (κ2) is 6.20. The maximum Gasteiger partial charge on any atom is 0.191 e. The van der Waals surface area contributed by atoms with Gasteiger partial charge in [0.1, 0.15) is 12.2 Å². The number of anilines is 1. The molecule has 9 heteroatoms. The van der Waals surface area contributed by atoms with Crippen molar-refractivity contribution in [3.8, 4) is 16.4 Å². The molecule has 8 nitrogen and oxygen atoms in total. The van der Waals surface area contributed by atoms with Crippen molar-refractivity contribution in [2.45, 2.75) is 13.5 Å². The van der Waals surface area contributed by atoms with Crippen LogP contribution in [0.15, 0.2) is 42.0 Å². The van der Waals surface area contributed by atoms with E-state index < -0.39 is 0 Å². The van der Waals surface area contributed by atoms with Crippen LogP contribution in [0.3, 0.4) is 0 Å². The summed E-state index contributed by atoms with van der Waals surface area (Å²) in [6.07, 6.45) is 1.57. The van der Waals surface area contributed by atoms with Gasteiger partial charge in [0.25, 0.3) is 0 Å². The minimum atomic E-state index is 0.554. The van der Waals surface area contributed by atoms with E-state index in [1.54, 1.807) is 22.3 Å². The van der Waals surface area contributed by atoms with Crippen LogP contribution in [0.4, 0.5) is 5.69 Å². The molecule has 0 aliphatic rings. The molecule has 0 unspecified atom stereocenters. The average Bonchev–Trinajstić information content (AvgIpc) is 3.34. The zero-order chi connectivity index (χ0) is 16.4. The monoisotopic (exact) mass is 338 g/mol. The normalized spacial score (nSPS) is 10.9. The summed E-state index contributed by atoms with van der Waals surface area (Å²) in [6, 6.07) is 9.99. The Balaban J connectivity index is 1.51. The Morgan fingerprint density at radius 3 is 3.04 bits per heavy atom. The molecule has 1 aromatic carbocycles. The van der Waals surface area contributed by atoms with E-state index in [1.165, 1.54) is 0 Å². The highest BCUT2D eigenvalue weighted by atomic mass is 32.1. The van der Waals surface area contributed by atoms with Gasteiger partial charge in [-0.3, -0.25) is 5.10 Å². The molecule has 0 fully saturated rings. The first kappa shape index (κ1) is 14.5. The van der Waals surface area contributed by atoms with E-state index in [4.69, 9.17) is 0 Å². The number of tetrazole rings is 1. The second-order valence-electron chi connectivity index (χ2n) is 5.19. The van der Waals surface area contributed by atoms with E-state index in [0.717, 1.165) is 33.5 Å². The molecule has 24 heavy (non-hydrogen) atoms. The highest BCUT2D eigenvalue weighted by Gasteiger charge is 2.08. The van der Waals surface area contributed by atoms with E-state index in [9.17, 15) is 0 Å². The van der Waals surface area contributed by atoms with Crippen LogP contribution in [0, 0.1) is 6.92 Å². The molecule has 0 atom stereocenters. The van der Waals surface area contributed by atoms with Crippen LogP contribution in [0.2, 0.25) is 0 Å². The third-order valence-electron chi connectivity index (χ3n) is 3.55. The van der Waals surface area contributed by atoms with Crippen LogP contribution in [0.1, 0.15) is 11.4 Å². The molecule has 0 bridgehead atoms. The molecule has 2 N–H and O–H groups in total. The Hall–Kier alpha value is -3.07. The third kappa shape index (κ3) is 2.88. The summed E-state index contributed by atoms with van der Waals surface area (Å²) >= 11 is 1.62. The van der Waals surface area contributed by atoms with Crippen LogP contribution in [-0.4, -0.2) is 35.4 Å². The van der Waals surface area contributed by atoms with Gasteiger partial charge in [-0.1, -0.05) is 12.1 Å². The minimum absolute atomic E-state index is 0.554. The van der Waals surface area contributed by atoms with Crippen LogP contribution in [0.5, 0.6) is 0 Å². The van der Waals surface area contributed by atoms with Gasteiger partial charge >= 0.3 is 0 Å². The molecule has 0 aliphatic carbocycles. The van der Waals surface area contributed by atoms with Gasteiger partial charge < -0.3 is 5.32 Å². The van der Waals surface area contributed by atoms with Gasteiger partial charge in [0.2, 0.25) is 0 Å². The molecule has 4 rings (SSSR count). The van der Waals surface area contributed by atoms with Gasteiger partial charge in [0.05, 0.1) is 17.1 Å². The second-order valence-corrected chi connectivity index (χ2v) is 6.14. The van der Waals surface area contributed by atoms with E-state index >= 15 is 0 Å². The summed E-state index contributed by atoms with van der Waals surface area (Å²) in [6.45, 7) is 2.60. The molecule has 4 aromatic rings. The van der Waals surface area contributed by atoms with Gasteiger partial charge in [-0.25, -0.2) is 9.67 Å². The maximum absolute atomic E-state index is 4.51. The smallest absolute Gasteiger partial charge is 0.191 e. The number of hydrogen-bond acceptors (Lipinski definition) is 7. The minimum Gasteiger partial charge on any atom is -0.377 e. The highest BCUT2D eigenvalue weighted by molar-refractivity contribution is 7.13. The summed E-state index contributed by atoms with van der Waals surface area (Å²) in [5.41, 5.74) is 3.02. The number of rotatable bonds is 5. The molecule has 0 radical (unpaired) electrons. The lowest BCUT2D eigenvalue weighted by atomic mass is 10.2. The summed E-state index contributed by atoms with van der Waals surface area (Å²) in [5, 5.41) is 23.8. The number of aromatic amines is 1. The molecular formula is C15H14N8S. The number of aryl methyl sites for hydroxylation is 1. The fraction of sp³-hybridized carbons (Fsp3) is 0.133. The van der Waals surface area contributed by atoms with E-state index in [0.29, 0.717) is 6.54 Å². The lowest BCUT2D eigenvalue weighted by molar-refractivity contribution is 0.789. The largest absolute Gasteiger partial charge is 0.377 e. The Morgan fingerprint density at radius 2 is 2.25 bits per heavy atom.